The normalized spacial score (nSPS) is 11.6. The molecule has 0 unspecified atom stereocenters. The number of anilines is 6. The van der Waals surface area contributed by atoms with Gasteiger partial charge < -0.3 is 9.80 Å². The smallest absolute Gasteiger partial charge is 0.115 e. The summed E-state index contributed by atoms with van der Waals surface area (Å²) in [4.78, 5) is 7.92. The van der Waals surface area contributed by atoms with Crippen LogP contribution in [0.25, 0.3) is 66.8 Å². The topological polar surface area (TPSA) is 67.9 Å². The summed E-state index contributed by atoms with van der Waals surface area (Å²) in [5, 5.41) is 19.2. The SMILES string of the molecule is C=C/C=C\C=C(/C)n1nc2ccc(N(c3ccccc3)c3cccc(-c4cccc(-c5cccc(-c6cccc(N(c7ccccc7)c7ccc8nn(-c9ccccc9)nc8c7)c6)c5)c4)c3)cc2n1. The number of benzene rings is 9. The molecule has 0 saturated heterocycles. The number of hydrogen-bond acceptors (Lipinski definition) is 6. The van der Waals surface area contributed by atoms with Gasteiger partial charge in [-0.2, -0.15) is 9.59 Å². The second kappa shape index (κ2) is 18.8. The van der Waals surface area contributed by atoms with E-state index in [1.54, 1.807) is 15.7 Å². The predicted octanol–water partition coefficient (Wildman–Crippen LogP) is 15.7. The molecule has 0 spiro atoms. The van der Waals surface area contributed by atoms with Crippen molar-refractivity contribution < 1.29 is 0 Å². The van der Waals surface area contributed by atoms with Crippen LogP contribution in [0.4, 0.5) is 34.1 Å². The summed E-state index contributed by atoms with van der Waals surface area (Å²) in [6.07, 6.45) is 7.54. The highest BCUT2D eigenvalue weighted by Gasteiger charge is 2.18. The lowest BCUT2D eigenvalue weighted by molar-refractivity contribution is 0.766. The number of rotatable bonds is 13. The maximum atomic E-state index is 4.87. The van der Waals surface area contributed by atoms with E-state index in [2.05, 4.69) is 186 Å². The van der Waals surface area contributed by atoms with Gasteiger partial charge in [-0.3, -0.25) is 0 Å². The first-order valence-corrected chi connectivity index (χ1v) is 22.9. The fraction of sp³-hybridized carbons (Fsp3) is 0.0164. The van der Waals surface area contributed by atoms with E-state index in [0.29, 0.717) is 0 Å². The van der Waals surface area contributed by atoms with E-state index in [1.807, 2.05) is 79.7 Å². The Morgan fingerprint density at radius 2 is 0.768 bits per heavy atom. The van der Waals surface area contributed by atoms with E-state index in [9.17, 15) is 0 Å². The standard InChI is InChI=1S/C61H46N8/c1-3-4-8-19-44(2)68-62-58-36-34-56(42-60(58)64-68)66(51-26-9-5-10-27-51)54-32-17-24-49(40-54)47-22-15-20-45(38-47)46-21-16-23-48(39-46)50-25-18-33-55(41-50)67(52-28-11-6-12-29-52)57-35-37-59-61(43-57)65-69(63-59)53-30-13-7-14-31-53/h3-43H,1H2,2H3/b8-4-,44-19+. The van der Waals surface area contributed by atoms with Crippen LogP contribution >= 0.6 is 0 Å². The molecule has 11 aromatic rings. The van der Waals surface area contributed by atoms with Gasteiger partial charge >= 0.3 is 0 Å². The van der Waals surface area contributed by atoms with E-state index in [4.69, 9.17) is 20.4 Å². The third-order valence-electron chi connectivity index (χ3n) is 12.1. The average Bonchev–Trinajstić information content (AvgIpc) is 4.05. The van der Waals surface area contributed by atoms with Crippen molar-refractivity contribution in [2.75, 3.05) is 9.80 Å². The zero-order valence-electron chi connectivity index (χ0n) is 38.0. The highest BCUT2D eigenvalue weighted by atomic mass is 15.5. The summed E-state index contributed by atoms with van der Waals surface area (Å²) in [6, 6.07) is 78.5. The molecule has 0 aliphatic carbocycles. The summed E-state index contributed by atoms with van der Waals surface area (Å²) in [6.45, 7) is 5.75. The maximum absolute atomic E-state index is 4.87. The molecular weight excluding hydrogens is 845 g/mol. The molecule has 8 nitrogen and oxygen atoms in total. The van der Waals surface area contributed by atoms with Crippen LogP contribution in [0.5, 0.6) is 0 Å². The Balaban J connectivity index is 0.903. The molecule has 0 bridgehead atoms. The molecule has 8 heteroatoms. The Bertz CT molecular complexity index is 3660. The molecule has 0 atom stereocenters. The molecule has 0 radical (unpaired) electrons. The summed E-state index contributed by atoms with van der Waals surface area (Å²) in [5.74, 6) is 0. The van der Waals surface area contributed by atoms with Crippen LogP contribution in [0, 0.1) is 0 Å². The Hall–Kier alpha value is -9.40. The van der Waals surface area contributed by atoms with Gasteiger partial charge in [0, 0.05) is 34.1 Å². The van der Waals surface area contributed by atoms with Crippen molar-refractivity contribution in [2.45, 2.75) is 6.92 Å². The van der Waals surface area contributed by atoms with Gasteiger partial charge in [-0.05, 0) is 156 Å². The van der Waals surface area contributed by atoms with Crippen molar-refractivity contribution in [1.82, 2.24) is 30.0 Å². The first-order chi connectivity index (χ1) is 34.0. The van der Waals surface area contributed by atoms with Crippen LogP contribution in [0.15, 0.2) is 255 Å². The molecule has 2 heterocycles. The van der Waals surface area contributed by atoms with Gasteiger partial charge in [0.1, 0.15) is 22.1 Å². The summed E-state index contributed by atoms with van der Waals surface area (Å²) in [7, 11) is 0. The quantitative estimate of drug-likeness (QED) is 0.107. The van der Waals surface area contributed by atoms with Gasteiger partial charge in [0.25, 0.3) is 0 Å². The van der Waals surface area contributed by atoms with E-state index in [0.717, 1.165) is 101 Å². The number of aromatic nitrogens is 6. The second-order valence-corrected chi connectivity index (χ2v) is 16.7. The zero-order valence-corrected chi connectivity index (χ0v) is 38.0. The minimum absolute atomic E-state index is 0.809. The summed E-state index contributed by atoms with van der Waals surface area (Å²) < 4.78 is 0. The van der Waals surface area contributed by atoms with Crippen LogP contribution in [0.1, 0.15) is 6.92 Å². The molecule has 0 aliphatic heterocycles. The summed E-state index contributed by atoms with van der Waals surface area (Å²) in [5.41, 5.74) is 18.0. The first-order valence-electron chi connectivity index (χ1n) is 22.9. The van der Waals surface area contributed by atoms with E-state index in [1.165, 1.54) is 0 Å². The minimum Gasteiger partial charge on any atom is -0.310 e. The Labute approximate surface area is 401 Å². The molecule has 2 aromatic heterocycles. The van der Waals surface area contributed by atoms with Crippen LogP contribution < -0.4 is 9.80 Å². The summed E-state index contributed by atoms with van der Waals surface area (Å²) >= 11 is 0. The maximum Gasteiger partial charge on any atom is 0.115 e. The number of fused-ring (bicyclic) bond motifs is 2. The molecular formula is C61H46N8. The van der Waals surface area contributed by atoms with Crippen LogP contribution in [0.3, 0.4) is 0 Å². The third-order valence-corrected chi connectivity index (χ3v) is 12.1. The third kappa shape index (κ3) is 8.86. The van der Waals surface area contributed by atoms with Crippen LogP contribution in [-0.2, 0) is 0 Å². The monoisotopic (exact) mass is 890 g/mol. The van der Waals surface area contributed by atoms with E-state index in [-0.39, 0.29) is 0 Å². The number of allylic oxidation sites excluding steroid dienone is 5. The van der Waals surface area contributed by atoms with Gasteiger partial charge in [-0.1, -0.05) is 140 Å². The highest BCUT2D eigenvalue weighted by molar-refractivity contribution is 5.88. The minimum atomic E-state index is 0.809. The van der Waals surface area contributed by atoms with Crippen LogP contribution in [-0.4, -0.2) is 30.0 Å². The first kappa shape index (κ1) is 42.2. The fourth-order valence-electron chi connectivity index (χ4n) is 8.71. The number of nitrogens with zero attached hydrogens (tertiary/aromatic N) is 8. The van der Waals surface area contributed by atoms with E-state index >= 15 is 0 Å². The molecule has 0 amide bonds. The highest BCUT2D eigenvalue weighted by Crippen LogP contribution is 2.40. The fourth-order valence-corrected chi connectivity index (χ4v) is 8.71. The lowest BCUT2D eigenvalue weighted by Gasteiger charge is -2.26. The van der Waals surface area contributed by atoms with Crippen molar-refractivity contribution in [3.8, 4) is 39.1 Å². The van der Waals surface area contributed by atoms with Gasteiger partial charge in [-0.15, -0.1) is 20.4 Å². The van der Waals surface area contributed by atoms with E-state index < -0.39 is 0 Å². The molecule has 0 fully saturated rings. The van der Waals surface area contributed by atoms with Gasteiger partial charge in [0.2, 0.25) is 0 Å². The lowest BCUT2D eigenvalue weighted by atomic mass is 9.95. The van der Waals surface area contributed by atoms with Crippen molar-refractivity contribution in [2.24, 2.45) is 0 Å². The number of hydrogen-bond donors (Lipinski definition) is 0. The van der Waals surface area contributed by atoms with Crippen molar-refractivity contribution in [3.63, 3.8) is 0 Å². The van der Waals surface area contributed by atoms with Gasteiger partial charge in [0.15, 0.2) is 0 Å². The number of para-hydroxylation sites is 3. The van der Waals surface area contributed by atoms with Crippen molar-refractivity contribution >= 4 is 61.9 Å². The second-order valence-electron chi connectivity index (χ2n) is 16.7. The Morgan fingerprint density at radius 1 is 0.377 bits per heavy atom. The van der Waals surface area contributed by atoms with Crippen molar-refractivity contribution in [1.29, 1.82) is 0 Å². The molecule has 9 aromatic carbocycles. The average molecular weight is 891 g/mol. The Kier molecular flexibility index (Phi) is 11.5. The Morgan fingerprint density at radius 3 is 1.28 bits per heavy atom. The molecule has 0 aliphatic rings. The van der Waals surface area contributed by atoms with Gasteiger partial charge in [-0.25, -0.2) is 0 Å². The zero-order chi connectivity index (χ0) is 46.5. The molecule has 69 heavy (non-hydrogen) atoms. The van der Waals surface area contributed by atoms with Crippen LogP contribution in [0.2, 0.25) is 0 Å². The van der Waals surface area contributed by atoms with Gasteiger partial charge in [0.05, 0.1) is 11.4 Å². The molecule has 0 N–H and O–H groups in total. The lowest BCUT2D eigenvalue weighted by Crippen LogP contribution is -2.09. The molecule has 330 valence electrons. The largest absolute Gasteiger partial charge is 0.310 e. The molecule has 0 saturated carbocycles. The predicted molar refractivity (Wildman–Crippen MR) is 285 cm³/mol. The molecule has 11 rings (SSSR count). The van der Waals surface area contributed by atoms with Crippen molar-refractivity contribution in [3.05, 3.63) is 255 Å².